The first-order valence-electron chi connectivity index (χ1n) is 5.46. The SMILES string of the molecule is CCC(C)SCC(=O)c1c(Cl)cnn1CC. The molecule has 1 heterocycles. The van der Waals surface area contributed by atoms with Crippen molar-refractivity contribution >= 4 is 29.1 Å². The Labute approximate surface area is 106 Å². The second-order valence-electron chi connectivity index (χ2n) is 3.61. The Kier molecular flexibility index (Phi) is 5.35. The third-order valence-corrected chi connectivity index (χ3v) is 4.04. The van der Waals surface area contributed by atoms with Crippen molar-refractivity contribution < 1.29 is 4.79 Å². The molecule has 1 aromatic rings. The summed E-state index contributed by atoms with van der Waals surface area (Å²) in [6.45, 7) is 6.85. The van der Waals surface area contributed by atoms with Crippen LogP contribution in [-0.4, -0.2) is 26.6 Å². The summed E-state index contributed by atoms with van der Waals surface area (Å²) in [5.41, 5.74) is 0.542. The Balaban J connectivity index is 2.69. The summed E-state index contributed by atoms with van der Waals surface area (Å²) in [6, 6.07) is 0. The molecular weight excluding hydrogens is 244 g/mol. The molecular formula is C11H17ClN2OS. The Morgan fingerprint density at radius 1 is 1.62 bits per heavy atom. The molecule has 5 heteroatoms. The van der Waals surface area contributed by atoms with Crippen LogP contribution in [0.2, 0.25) is 5.02 Å². The van der Waals surface area contributed by atoms with Crippen molar-refractivity contribution in [3.8, 4) is 0 Å². The highest BCUT2D eigenvalue weighted by Gasteiger charge is 2.17. The summed E-state index contributed by atoms with van der Waals surface area (Å²) in [5.74, 6) is 0.537. The number of ketones is 1. The van der Waals surface area contributed by atoms with Crippen LogP contribution in [0.4, 0.5) is 0 Å². The highest BCUT2D eigenvalue weighted by molar-refractivity contribution is 8.00. The number of hydrogen-bond donors (Lipinski definition) is 0. The molecule has 0 fully saturated rings. The third-order valence-electron chi connectivity index (χ3n) is 2.43. The van der Waals surface area contributed by atoms with Gasteiger partial charge in [0, 0.05) is 11.8 Å². The second-order valence-corrected chi connectivity index (χ2v) is 5.44. The van der Waals surface area contributed by atoms with Gasteiger partial charge in [-0.3, -0.25) is 9.48 Å². The zero-order valence-electron chi connectivity index (χ0n) is 9.86. The van der Waals surface area contributed by atoms with Gasteiger partial charge in [-0.2, -0.15) is 16.9 Å². The molecule has 1 unspecified atom stereocenters. The summed E-state index contributed by atoms with van der Waals surface area (Å²) in [4.78, 5) is 12.0. The highest BCUT2D eigenvalue weighted by Crippen LogP contribution is 2.20. The van der Waals surface area contributed by atoms with E-state index < -0.39 is 0 Å². The van der Waals surface area contributed by atoms with E-state index in [9.17, 15) is 4.79 Å². The van der Waals surface area contributed by atoms with Crippen molar-refractivity contribution in [2.45, 2.75) is 39.0 Å². The number of nitrogens with zero attached hydrogens (tertiary/aromatic N) is 2. The third kappa shape index (κ3) is 3.25. The molecule has 0 spiro atoms. The number of thioether (sulfide) groups is 1. The molecule has 0 radical (unpaired) electrons. The molecule has 90 valence electrons. The molecule has 16 heavy (non-hydrogen) atoms. The van der Waals surface area contributed by atoms with Crippen LogP contribution < -0.4 is 0 Å². The zero-order chi connectivity index (χ0) is 12.1. The molecule has 0 N–H and O–H groups in total. The van der Waals surface area contributed by atoms with Crippen molar-refractivity contribution in [3.05, 3.63) is 16.9 Å². The van der Waals surface area contributed by atoms with Gasteiger partial charge in [-0.05, 0) is 13.3 Å². The van der Waals surface area contributed by atoms with E-state index in [4.69, 9.17) is 11.6 Å². The number of carbonyl (C=O) groups is 1. The molecule has 0 bridgehead atoms. The number of hydrogen-bond acceptors (Lipinski definition) is 3. The van der Waals surface area contributed by atoms with Crippen LogP contribution >= 0.6 is 23.4 Å². The van der Waals surface area contributed by atoms with Crippen LogP contribution in [0.3, 0.4) is 0 Å². The zero-order valence-corrected chi connectivity index (χ0v) is 11.4. The lowest BCUT2D eigenvalue weighted by Crippen LogP contribution is -2.13. The highest BCUT2D eigenvalue weighted by atomic mass is 35.5. The van der Waals surface area contributed by atoms with E-state index in [1.165, 1.54) is 6.20 Å². The van der Waals surface area contributed by atoms with Crippen molar-refractivity contribution in [3.63, 3.8) is 0 Å². The minimum Gasteiger partial charge on any atom is -0.291 e. The fourth-order valence-corrected chi connectivity index (χ4v) is 2.34. The number of rotatable bonds is 6. The molecule has 1 rings (SSSR count). The predicted octanol–water partition coefficient (Wildman–Crippen LogP) is 3.27. The van der Waals surface area contributed by atoms with E-state index in [1.807, 2.05) is 6.92 Å². The Bertz CT molecular complexity index is 365. The lowest BCUT2D eigenvalue weighted by Gasteiger charge is -2.08. The van der Waals surface area contributed by atoms with Gasteiger partial charge in [-0.25, -0.2) is 0 Å². The van der Waals surface area contributed by atoms with Crippen molar-refractivity contribution in [1.29, 1.82) is 0 Å². The fraction of sp³-hybridized carbons (Fsp3) is 0.636. The number of carbonyl (C=O) groups excluding carboxylic acids is 1. The number of halogens is 1. The fourth-order valence-electron chi connectivity index (χ4n) is 1.28. The second kappa shape index (κ2) is 6.30. The standard InChI is InChI=1S/C11H17ClN2OS/c1-4-8(3)16-7-10(15)11-9(12)6-13-14(11)5-2/h6,8H,4-5,7H2,1-3H3. The van der Waals surface area contributed by atoms with Gasteiger partial charge < -0.3 is 0 Å². The number of Topliss-reactive ketones (excluding diaryl/α,β-unsaturated/α-hetero) is 1. The van der Waals surface area contributed by atoms with Crippen molar-refractivity contribution in [1.82, 2.24) is 9.78 Å². The monoisotopic (exact) mass is 260 g/mol. The maximum absolute atomic E-state index is 12.0. The molecule has 0 aliphatic heterocycles. The maximum Gasteiger partial charge on any atom is 0.192 e. The maximum atomic E-state index is 12.0. The van der Waals surface area contributed by atoms with Gasteiger partial charge in [0.1, 0.15) is 5.69 Å². The quantitative estimate of drug-likeness (QED) is 0.737. The minimum absolute atomic E-state index is 0.0645. The van der Waals surface area contributed by atoms with Gasteiger partial charge in [0.15, 0.2) is 5.78 Å². The van der Waals surface area contributed by atoms with Gasteiger partial charge in [-0.1, -0.05) is 25.4 Å². The van der Waals surface area contributed by atoms with Crippen molar-refractivity contribution in [2.24, 2.45) is 0 Å². The largest absolute Gasteiger partial charge is 0.291 e. The molecule has 0 aromatic carbocycles. The van der Waals surface area contributed by atoms with Gasteiger partial charge >= 0.3 is 0 Å². The first-order valence-corrected chi connectivity index (χ1v) is 6.88. The molecule has 0 amide bonds. The number of aryl methyl sites for hydroxylation is 1. The van der Waals surface area contributed by atoms with E-state index in [1.54, 1.807) is 16.4 Å². The summed E-state index contributed by atoms with van der Waals surface area (Å²) in [5, 5.41) is 5.01. The predicted molar refractivity (Wildman–Crippen MR) is 69.5 cm³/mol. The van der Waals surface area contributed by atoms with Crippen LogP contribution in [0, 0.1) is 0 Å². The van der Waals surface area contributed by atoms with E-state index in [0.717, 1.165) is 6.42 Å². The van der Waals surface area contributed by atoms with E-state index in [0.29, 0.717) is 28.3 Å². The Morgan fingerprint density at radius 2 is 2.31 bits per heavy atom. The summed E-state index contributed by atoms with van der Waals surface area (Å²) in [7, 11) is 0. The molecule has 1 aromatic heterocycles. The van der Waals surface area contributed by atoms with Crippen LogP contribution in [-0.2, 0) is 6.54 Å². The van der Waals surface area contributed by atoms with Gasteiger partial charge in [-0.15, -0.1) is 0 Å². The molecule has 0 saturated carbocycles. The van der Waals surface area contributed by atoms with Crippen LogP contribution in [0.5, 0.6) is 0 Å². The molecule has 0 aliphatic carbocycles. The average molecular weight is 261 g/mol. The van der Waals surface area contributed by atoms with Gasteiger partial charge in [0.2, 0.25) is 0 Å². The average Bonchev–Trinajstić information content (AvgIpc) is 2.66. The lowest BCUT2D eigenvalue weighted by atomic mass is 10.3. The van der Waals surface area contributed by atoms with E-state index in [2.05, 4.69) is 18.9 Å². The smallest absolute Gasteiger partial charge is 0.192 e. The van der Waals surface area contributed by atoms with Crippen LogP contribution in [0.15, 0.2) is 6.20 Å². The topological polar surface area (TPSA) is 34.9 Å². The summed E-state index contributed by atoms with van der Waals surface area (Å²) in [6.07, 6.45) is 2.60. The van der Waals surface area contributed by atoms with Crippen molar-refractivity contribution in [2.75, 3.05) is 5.75 Å². The Hall–Kier alpha value is -0.480. The molecule has 3 nitrogen and oxygen atoms in total. The minimum atomic E-state index is 0.0645. The van der Waals surface area contributed by atoms with E-state index >= 15 is 0 Å². The molecule has 1 atom stereocenters. The first kappa shape index (κ1) is 13.6. The summed E-state index contributed by atoms with van der Waals surface area (Å²) >= 11 is 7.62. The van der Waals surface area contributed by atoms with Gasteiger partial charge in [0.25, 0.3) is 0 Å². The molecule has 0 aliphatic rings. The van der Waals surface area contributed by atoms with Gasteiger partial charge in [0.05, 0.1) is 17.0 Å². The lowest BCUT2D eigenvalue weighted by molar-refractivity contribution is 0.101. The molecule has 0 saturated heterocycles. The first-order chi connectivity index (χ1) is 7.60. The van der Waals surface area contributed by atoms with Crippen LogP contribution in [0.1, 0.15) is 37.7 Å². The number of aromatic nitrogens is 2. The Morgan fingerprint density at radius 3 is 2.88 bits per heavy atom. The summed E-state index contributed by atoms with van der Waals surface area (Å²) < 4.78 is 1.65. The van der Waals surface area contributed by atoms with Crippen LogP contribution in [0.25, 0.3) is 0 Å². The van der Waals surface area contributed by atoms with E-state index in [-0.39, 0.29) is 5.78 Å². The normalized spacial score (nSPS) is 12.8.